The summed E-state index contributed by atoms with van der Waals surface area (Å²) in [6, 6.07) is 0. The van der Waals surface area contributed by atoms with E-state index in [-0.39, 0.29) is 36.8 Å². The van der Waals surface area contributed by atoms with Crippen molar-refractivity contribution in [2.75, 3.05) is 6.61 Å². The summed E-state index contributed by atoms with van der Waals surface area (Å²) in [5, 5.41) is 44.9. The van der Waals surface area contributed by atoms with Crippen LogP contribution in [-0.2, 0) is 14.3 Å². The van der Waals surface area contributed by atoms with Gasteiger partial charge in [0.2, 0.25) is 0 Å². The van der Waals surface area contributed by atoms with E-state index < -0.39 is 40.7 Å². The predicted molar refractivity (Wildman–Crippen MR) is 110 cm³/mol. The molecule has 3 saturated carbocycles. The first-order valence-corrected chi connectivity index (χ1v) is 11.8. The van der Waals surface area contributed by atoms with Crippen molar-refractivity contribution in [1.29, 1.82) is 0 Å². The molecule has 10 atom stereocenters. The van der Waals surface area contributed by atoms with E-state index in [2.05, 4.69) is 0 Å². The van der Waals surface area contributed by atoms with Gasteiger partial charge >= 0.3 is 5.97 Å². The number of esters is 1. The molecular weight excluding hydrogens is 400 g/mol. The summed E-state index contributed by atoms with van der Waals surface area (Å²) < 4.78 is 5.28. The maximum atomic E-state index is 12.5. The Morgan fingerprint density at radius 1 is 1.06 bits per heavy atom. The molecule has 0 aromatic heterocycles. The Hall–Kier alpha value is -1.28. The normalized spacial score (nSPS) is 54.2. The highest BCUT2D eigenvalue weighted by Gasteiger charge is 2.72. The van der Waals surface area contributed by atoms with E-state index in [0.29, 0.717) is 44.9 Å². The maximum absolute atomic E-state index is 12.5. The number of cyclic esters (lactones) is 1. The van der Waals surface area contributed by atoms with Crippen molar-refractivity contribution < 1.29 is 34.8 Å². The van der Waals surface area contributed by atoms with Gasteiger partial charge in [-0.05, 0) is 56.3 Å². The Balaban J connectivity index is 1.54. The topological polar surface area (TPSA) is 124 Å². The van der Waals surface area contributed by atoms with Crippen LogP contribution < -0.4 is 0 Å². The van der Waals surface area contributed by atoms with Crippen molar-refractivity contribution in [2.45, 2.75) is 82.2 Å². The molecule has 0 bridgehead atoms. The summed E-state index contributed by atoms with van der Waals surface area (Å²) in [5.74, 6) is -1.31. The van der Waals surface area contributed by atoms with E-state index in [9.17, 15) is 30.0 Å². The Morgan fingerprint density at radius 2 is 1.81 bits per heavy atom. The van der Waals surface area contributed by atoms with E-state index in [1.54, 1.807) is 6.08 Å². The monoisotopic (exact) mass is 434 g/mol. The molecule has 5 rings (SSSR count). The number of ether oxygens (including phenoxy) is 1. The molecule has 4 N–H and O–H groups in total. The molecule has 1 heterocycles. The van der Waals surface area contributed by atoms with Crippen LogP contribution in [0.3, 0.4) is 0 Å². The lowest BCUT2D eigenvalue weighted by Crippen LogP contribution is -2.66. The molecule has 0 spiro atoms. The average molecular weight is 435 g/mol. The highest BCUT2D eigenvalue weighted by Crippen LogP contribution is 2.69. The molecule has 4 fully saturated rings. The van der Waals surface area contributed by atoms with Gasteiger partial charge in [0.05, 0.1) is 35.9 Å². The van der Waals surface area contributed by atoms with Crippen molar-refractivity contribution in [2.24, 2.45) is 34.5 Å². The number of hydrogen-bond donors (Lipinski definition) is 4. The van der Waals surface area contributed by atoms with Crippen molar-refractivity contribution in [3.63, 3.8) is 0 Å². The molecule has 1 saturated heterocycles. The largest absolute Gasteiger partial charge is 0.465 e. The molecule has 0 aromatic carbocycles. The van der Waals surface area contributed by atoms with Crippen molar-refractivity contribution in [3.05, 3.63) is 11.6 Å². The van der Waals surface area contributed by atoms with Crippen LogP contribution in [0.2, 0.25) is 0 Å². The van der Waals surface area contributed by atoms with E-state index in [1.807, 2.05) is 6.92 Å². The number of aliphatic hydroxyl groups is 4. The van der Waals surface area contributed by atoms with Gasteiger partial charge in [-0.3, -0.25) is 4.79 Å². The van der Waals surface area contributed by atoms with Crippen LogP contribution >= 0.6 is 0 Å². The summed E-state index contributed by atoms with van der Waals surface area (Å²) in [5.41, 5.74) is -1.91. The summed E-state index contributed by atoms with van der Waals surface area (Å²) in [4.78, 5) is 24.1. The minimum absolute atomic E-state index is 0.0561. The third kappa shape index (κ3) is 2.79. The molecule has 0 unspecified atom stereocenters. The van der Waals surface area contributed by atoms with Crippen molar-refractivity contribution in [1.82, 2.24) is 0 Å². The molecule has 0 amide bonds. The zero-order valence-corrected chi connectivity index (χ0v) is 18.1. The second-order valence-electron chi connectivity index (χ2n) is 11.0. The SMILES string of the molecule is C[C@]12C[C@@H](O)[C@H]3[C@@H](CCC4=C[C@@H](O)CC[C@@]43C=O)[C@@]1(O)C[C@H](O)[C@@H]2[C@H]1CCC(=O)OC1. The highest BCUT2D eigenvalue weighted by atomic mass is 16.5. The molecule has 4 aliphatic carbocycles. The van der Waals surface area contributed by atoms with Gasteiger partial charge in [-0.2, -0.15) is 0 Å². The van der Waals surface area contributed by atoms with Crippen LogP contribution in [0.5, 0.6) is 0 Å². The van der Waals surface area contributed by atoms with Gasteiger partial charge in [0, 0.05) is 24.2 Å². The molecule has 7 nitrogen and oxygen atoms in total. The van der Waals surface area contributed by atoms with Gasteiger partial charge in [0.1, 0.15) is 6.29 Å². The van der Waals surface area contributed by atoms with Crippen LogP contribution in [0, 0.1) is 34.5 Å². The Bertz CT molecular complexity index is 800. The van der Waals surface area contributed by atoms with Crippen molar-refractivity contribution >= 4 is 12.3 Å². The number of allylic oxidation sites excluding steroid dienone is 1. The van der Waals surface area contributed by atoms with E-state index in [1.165, 1.54) is 0 Å². The lowest BCUT2D eigenvalue weighted by atomic mass is 9.43. The van der Waals surface area contributed by atoms with E-state index >= 15 is 0 Å². The van der Waals surface area contributed by atoms with Crippen LogP contribution in [-0.4, -0.2) is 63.2 Å². The lowest BCUT2D eigenvalue weighted by molar-refractivity contribution is -0.224. The molecule has 31 heavy (non-hydrogen) atoms. The van der Waals surface area contributed by atoms with Crippen LogP contribution in [0.25, 0.3) is 0 Å². The number of carbonyl (C=O) groups excluding carboxylic acids is 2. The number of aliphatic hydroxyl groups excluding tert-OH is 3. The average Bonchev–Trinajstić information content (AvgIpc) is 2.93. The molecule has 172 valence electrons. The van der Waals surface area contributed by atoms with Gasteiger partial charge in [-0.15, -0.1) is 0 Å². The first-order chi connectivity index (χ1) is 14.7. The summed E-state index contributed by atoms with van der Waals surface area (Å²) in [6.07, 6.45) is 4.18. The fourth-order valence-corrected chi connectivity index (χ4v) is 8.54. The smallest absolute Gasteiger partial charge is 0.305 e. The summed E-state index contributed by atoms with van der Waals surface area (Å²) in [6.45, 7) is 2.20. The first-order valence-electron chi connectivity index (χ1n) is 11.8. The van der Waals surface area contributed by atoms with Crippen LogP contribution in [0.15, 0.2) is 11.6 Å². The van der Waals surface area contributed by atoms with E-state index in [0.717, 1.165) is 11.9 Å². The quantitative estimate of drug-likeness (QED) is 0.292. The number of aldehydes is 1. The predicted octanol–water partition coefficient (Wildman–Crippen LogP) is 1.11. The minimum Gasteiger partial charge on any atom is -0.465 e. The maximum Gasteiger partial charge on any atom is 0.305 e. The molecular formula is C24H34O7. The first kappa shape index (κ1) is 21.6. The second kappa shape index (κ2) is 7.11. The van der Waals surface area contributed by atoms with Crippen molar-refractivity contribution in [3.8, 4) is 0 Å². The lowest BCUT2D eigenvalue weighted by Gasteiger charge is -2.62. The zero-order chi connectivity index (χ0) is 22.2. The third-order valence-electron chi connectivity index (χ3n) is 9.81. The van der Waals surface area contributed by atoms with Gasteiger partial charge in [-0.1, -0.05) is 18.6 Å². The summed E-state index contributed by atoms with van der Waals surface area (Å²) >= 11 is 0. The number of rotatable bonds is 2. The fourth-order valence-electron chi connectivity index (χ4n) is 8.54. The highest BCUT2D eigenvalue weighted by molar-refractivity contribution is 5.70. The second-order valence-corrected chi connectivity index (χ2v) is 11.0. The molecule has 1 aliphatic heterocycles. The van der Waals surface area contributed by atoms with Gasteiger partial charge in [0.15, 0.2) is 0 Å². The minimum atomic E-state index is -1.21. The van der Waals surface area contributed by atoms with Crippen LogP contribution in [0.4, 0.5) is 0 Å². The molecule has 5 aliphatic rings. The molecule has 0 radical (unpaired) electrons. The zero-order valence-electron chi connectivity index (χ0n) is 18.1. The van der Waals surface area contributed by atoms with E-state index in [4.69, 9.17) is 4.74 Å². The third-order valence-corrected chi connectivity index (χ3v) is 9.81. The fraction of sp³-hybridized carbons (Fsp3) is 0.833. The van der Waals surface area contributed by atoms with Gasteiger partial charge in [-0.25, -0.2) is 0 Å². The standard InChI is InChI=1S/C24H34O7/c1-22-9-17(27)21-16(4-3-14-8-15(26)6-7-23(14,21)12-25)24(22,30)10-18(28)20(22)13-2-5-19(29)31-11-13/h8,12-13,15-18,20-21,26-28,30H,2-7,9-11H2,1H3/t13-,15-,16+,17+,18-,20-,21+,22+,23+,24-/m0/s1. The van der Waals surface area contributed by atoms with Crippen LogP contribution in [0.1, 0.15) is 58.3 Å². The molecule has 7 heteroatoms. The Labute approximate surface area is 182 Å². The Kier molecular flexibility index (Phi) is 4.94. The molecule has 0 aromatic rings. The number of carbonyl (C=O) groups is 2. The number of hydrogen-bond acceptors (Lipinski definition) is 7. The Morgan fingerprint density at radius 3 is 2.48 bits per heavy atom. The van der Waals surface area contributed by atoms with Gasteiger partial charge < -0.3 is 30.0 Å². The van der Waals surface area contributed by atoms with Gasteiger partial charge in [0.25, 0.3) is 0 Å². The number of fused-ring (bicyclic) bond motifs is 5. The summed E-state index contributed by atoms with van der Waals surface area (Å²) in [7, 11) is 0.